The third-order valence-corrected chi connectivity index (χ3v) is 6.09. The highest BCUT2D eigenvalue weighted by Crippen LogP contribution is 2.29. The van der Waals surface area contributed by atoms with Crippen LogP contribution in [0.3, 0.4) is 0 Å². The fourth-order valence-corrected chi connectivity index (χ4v) is 4.70. The van der Waals surface area contributed by atoms with E-state index in [0.29, 0.717) is 6.54 Å². The lowest BCUT2D eigenvalue weighted by atomic mass is 10.0. The van der Waals surface area contributed by atoms with Gasteiger partial charge in [0.2, 0.25) is 15.9 Å². The number of hydrogen-bond donors (Lipinski definition) is 1. The van der Waals surface area contributed by atoms with E-state index in [0.717, 1.165) is 43.6 Å². The Labute approximate surface area is 137 Å². The van der Waals surface area contributed by atoms with Crippen molar-refractivity contribution in [3.63, 3.8) is 0 Å². The van der Waals surface area contributed by atoms with Crippen molar-refractivity contribution in [2.75, 3.05) is 31.6 Å². The van der Waals surface area contributed by atoms with E-state index in [9.17, 15) is 13.2 Å². The normalized spacial score (nSPS) is 22.2. The van der Waals surface area contributed by atoms with Crippen LogP contribution in [0.2, 0.25) is 0 Å². The van der Waals surface area contributed by atoms with Crippen LogP contribution >= 0.6 is 0 Å². The Bertz CT molecular complexity index is 717. The molecule has 1 atom stereocenters. The highest BCUT2D eigenvalue weighted by Gasteiger charge is 2.27. The molecule has 0 saturated carbocycles. The van der Waals surface area contributed by atoms with Crippen molar-refractivity contribution in [3.8, 4) is 0 Å². The molecular weight excluding hydrogens is 314 g/mol. The number of fused-ring (bicyclic) bond motifs is 1. The summed E-state index contributed by atoms with van der Waals surface area (Å²) in [5.41, 5.74) is 1.76. The summed E-state index contributed by atoms with van der Waals surface area (Å²) in [6.07, 6.45) is 2.49. The highest BCUT2D eigenvalue weighted by molar-refractivity contribution is 7.89. The largest absolute Gasteiger partial charge is 0.312 e. The Morgan fingerprint density at radius 3 is 2.74 bits per heavy atom. The van der Waals surface area contributed by atoms with E-state index < -0.39 is 10.0 Å². The zero-order valence-electron chi connectivity index (χ0n) is 13.6. The lowest BCUT2D eigenvalue weighted by molar-refractivity contribution is -0.116. The quantitative estimate of drug-likeness (QED) is 0.892. The van der Waals surface area contributed by atoms with Crippen LogP contribution in [0.4, 0.5) is 5.69 Å². The first-order chi connectivity index (χ1) is 10.9. The Kier molecular flexibility index (Phi) is 4.44. The second-order valence-corrected chi connectivity index (χ2v) is 8.15. The van der Waals surface area contributed by atoms with Crippen LogP contribution in [-0.4, -0.2) is 51.9 Å². The van der Waals surface area contributed by atoms with E-state index in [2.05, 4.69) is 9.62 Å². The summed E-state index contributed by atoms with van der Waals surface area (Å²) in [6.45, 7) is 3.88. The maximum Gasteiger partial charge on any atom is 0.240 e. The van der Waals surface area contributed by atoms with Gasteiger partial charge in [-0.25, -0.2) is 13.1 Å². The molecule has 2 aliphatic heterocycles. The summed E-state index contributed by atoms with van der Waals surface area (Å²) in [4.78, 5) is 15.8. The molecule has 2 aliphatic rings. The van der Waals surface area contributed by atoms with E-state index in [1.54, 1.807) is 23.1 Å². The Balaban J connectivity index is 1.85. The van der Waals surface area contributed by atoms with Crippen molar-refractivity contribution in [2.24, 2.45) is 0 Å². The summed E-state index contributed by atoms with van der Waals surface area (Å²) in [6, 6.07) is 5.03. The summed E-state index contributed by atoms with van der Waals surface area (Å²) < 4.78 is 28.0. The van der Waals surface area contributed by atoms with Gasteiger partial charge >= 0.3 is 0 Å². The smallest absolute Gasteiger partial charge is 0.240 e. The molecule has 1 amide bonds. The molecule has 0 radical (unpaired) electrons. The Hall–Kier alpha value is -1.44. The summed E-state index contributed by atoms with van der Waals surface area (Å²) in [5.74, 6) is -0.00586. The number of aryl methyl sites for hydroxylation is 1. The number of hydrogen-bond acceptors (Lipinski definition) is 4. The van der Waals surface area contributed by atoms with Crippen LogP contribution in [0.15, 0.2) is 23.1 Å². The maximum absolute atomic E-state index is 12.6. The summed E-state index contributed by atoms with van der Waals surface area (Å²) in [7, 11) is -1.53. The Morgan fingerprint density at radius 1 is 1.30 bits per heavy atom. The number of nitrogens with one attached hydrogen (secondary N) is 1. The number of anilines is 1. The minimum absolute atomic E-state index is 0.00586. The van der Waals surface area contributed by atoms with Crippen molar-refractivity contribution in [2.45, 2.75) is 37.1 Å². The van der Waals surface area contributed by atoms with E-state index >= 15 is 0 Å². The number of likely N-dealkylation sites (tertiary alicyclic amines) is 1. The number of benzene rings is 1. The highest BCUT2D eigenvalue weighted by atomic mass is 32.2. The number of carbonyl (C=O) groups is 1. The van der Waals surface area contributed by atoms with Gasteiger partial charge in [0, 0.05) is 31.7 Å². The number of rotatable bonds is 3. The van der Waals surface area contributed by atoms with Gasteiger partial charge < -0.3 is 9.80 Å². The topological polar surface area (TPSA) is 69.7 Å². The first-order valence-electron chi connectivity index (χ1n) is 7.99. The fraction of sp³-hybridized carbons (Fsp3) is 0.562. The van der Waals surface area contributed by atoms with Gasteiger partial charge in [0.25, 0.3) is 0 Å². The van der Waals surface area contributed by atoms with Gasteiger partial charge in [-0.05, 0) is 56.6 Å². The first kappa shape index (κ1) is 16.4. The third-order valence-electron chi connectivity index (χ3n) is 4.57. The van der Waals surface area contributed by atoms with Gasteiger partial charge in [-0.1, -0.05) is 0 Å². The predicted octanol–water partition coefficient (Wildman–Crippen LogP) is 0.968. The van der Waals surface area contributed by atoms with Gasteiger partial charge in [-0.2, -0.15) is 0 Å². The molecule has 1 N–H and O–H groups in total. The average molecular weight is 337 g/mol. The fourth-order valence-electron chi connectivity index (χ4n) is 3.39. The molecular formula is C16H23N3O3S. The Morgan fingerprint density at radius 2 is 2.09 bits per heavy atom. The SMILES string of the molecule is CC(=O)N1CCCc2cc(S(=O)(=O)NC3CCN(C)C3)ccc21. The maximum atomic E-state index is 12.6. The molecule has 7 heteroatoms. The number of sulfonamides is 1. The lowest BCUT2D eigenvalue weighted by Crippen LogP contribution is -2.37. The first-order valence-corrected chi connectivity index (χ1v) is 9.47. The monoisotopic (exact) mass is 337 g/mol. The molecule has 1 saturated heterocycles. The minimum Gasteiger partial charge on any atom is -0.312 e. The second kappa shape index (κ2) is 6.22. The second-order valence-electron chi connectivity index (χ2n) is 6.43. The summed E-state index contributed by atoms with van der Waals surface area (Å²) >= 11 is 0. The number of amides is 1. The van der Waals surface area contributed by atoms with Crippen LogP contribution < -0.4 is 9.62 Å². The minimum atomic E-state index is -3.52. The van der Waals surface area contributed by atoms with E-state index in [1.165, 1.54) is 6.92 Å². The number of nitrogens with zero attached hydrogens (tertiary/aromatic N) is 2. The zero-order valence-corrected chi connectivity index (χ0v) is 14.4. The molecule has 0 aromatic heterocycles. The van der Waals surface area contributed by atoms with Crippen LogP contribution in [0.5, 0.6) is 0 Å². The average Bonchev–Trinajstić information content (AvgIpc) is 2.90. The molecule has 1 aromatic carbocycles. The van der Waals surface area contributed by atoms with Gasteiger partial charge in [0.15, 0.2) is 0 Å². The lowest BCUT2D eigenvalue weighted by Gasteiger charge is -2.29. The molecule has 2 heterocycles. The standard InChI is InChI=1S/C16H23N3O3S/c1-12(20)19-8-3-4-13-10-15(5-6-16(13)19)23(21,22)17-14-7-9-18(2)11-14/h5-6,10,14,17H,3-4,7-9,11H2,1-2H3. The molecule has 1 aromatic rings. The molecule has 0 spiro atoms. The van der Waals surface area contributed by atoms with Crippen molar-refractivity contribution in [1.29, 1.82) is 0 Å². The zero-order chi connectivity index (χ0) is 16.6. The molecule has 0 aliphatic carbocycles. The van der Waals surface area contributed by atoms with Crippen molar-refractivity contribution >= 4 is 21.6 Å². The number of carbonyl (C=O) groups excluding carboxylic acids is 1. The molecule has 126 valence electrons. The molecule has 0 bridgehead atoms. The van der Waals surface area contributed by atoms with E-state index in [-0.39, 0.29) is 16.8 Å². The van der Waals surface area contributed by atoms with Gasteiger partial charge in [-0.15, -0.1) is 0 Å². The van der Waals surface area contributed by atoms with Crippen molar-refractivity contribution in [3.05, 3.63) is 23.8 Å². The van der Waals surface area contributed by atoms with Crippen molar-refractivity contribution in [1.82, 2.24) is 9.62 Å². The predicted molar refractivity (Wildman–Crippen MR) is 89.0 cm³/mol. The van der Waals surface area contributed by atoms with E-state index in [1.807, 2.05) is 7.05 Å². The molecule has 1 unspecified atom stereocenters. The van der Waals surface area contributed by atoms with Gasteiger partial charge in [-0.3, -0.25) is 4.79 Å². The van der Waals surface area contributed by atoms with Crippen LogP contribution in [0, 0.1) is 0 Å². The van der Waals surface area contributed by atoms with Crippen LogP contribution in [0.1, 0.15) is 25.3 Å². The molecule has 3 rings (SSSR count). The van der Waals surface area contributed by atoms with Crippen molar-refractivity contribution < 1.29 is 13.2 Å². The number of likely N-dealkylation sites (N-methyl/N-ethyl adjacent to an activating group) is 1. The van der Waals surface area contributed by atoms with E-state index in [4.69, 9.17) is 0 Å². The molecule has 6 nitrogen and oxygen atoms in total. The molecule has 1 fully saturated rings. The van der Waals surface area contributed by atoms with Crippen LogP contribution in [-0.2, 0) is 21.2 Å². The summed E-state index contributed by atoms with van der Waals surface area (Å²) in [5, 5.41) is 0. The third kappa shape index (κ3) is 3.41. The molecule has 23 heavy (non-hydrogen) atoms. The van der Waals surface area contributed by atoms with Gasteiger partial charge in [0.1, 0.15) is 0 Å². The van der Waals surface area contributed by atoms with Crippen LogP contribution in [0.25, 0.3) is 0 Å². The van der Waals surface area contributed by atoms with Gasteiger partial charge in [0.05, 0.1) is 4.90 Å².